The third-order valence-electron chi connectivity index (χ3n) is 3.58. The number of aromatic nitrogens is 2. The van der Waals surface area contributed by atoms with Crippen LogP contribution in [0.3, 0.4) is 0 Å². The molecule has 0 unspecified atom stereocenters. The predicted octanol–water partition coefficient (Wildman–Crippen LogP) is 1.05. The van der Waals surface area contributed by atoms with Crippen LogP contribution in [-0.4, -0.2) is 61.2 Å². The second-order valence-corrected chi connectivity index (χ2v) is 7.50. The van der Waals surface area contributed by atoms with Gasteiger partial charge in [0.1, 0.15) is 11.6 Å². The Balaban J connectivity index is 2.06. The molecule has 0 radical (unpaired) electrons. The summed E-state index contributed by atoms with van der Waals surface area (Å²) in [5.41, 5.74) is 0. The molecule has 2 heterocycles. The third kappa shape index (κ3) is 4.07. The molecule has 1 aromatic heterocycles. The Hall–Kier alpha value is -1.41. The summed E-state index contributed by atoms with van der Waals surface area (Å²) in [5, 5.41) is 0. The number of piperazine rings is 1. The summed E-state index contributed by atoms with van der Waals surface area (Å²) in [6.45, 7) is 8.41. The summed E-state index contributed by atoms with van der Waals surface area (Å²) >= 11 is 0. The van der Waals surface area contributed by atoms with Crippen molar-refractivity contribution in [2.45, 2.75) is 27.2 Å². The number of hydrogen-bond donors (Lipinski definition) is 0. The first-order valence-electron chi connectivity index (χ1n) is 7.67. The zero-order chi connectivity index (χ0) is 16.2. The van der Waals surface area contributed by atoms with Crippen LogP contribution in [0.15, 0.2) is 6.07 Å². The standard InChI is InChI=1S/C14H24N4O3S/c1-4-10-21-14-11-13(15-12(3)16-14)17-6-8-18(9-7-17)22(19,20)5-2/h11H,4-10H2,1-3H3. The molecule has 0 atom stereocenters. The van der Waals surface area contributed by atoms with E-state index in [0.29, 0.717) is 44.5 Å². The Morgan fingerprint density at radius 3 is 2.45 bits per heavy atom. The maximum absolute atomic E-state index is 11.9. The van der Waals surface area contributed by atoms with Crippen molar-refractivity contribution in [1.29, 1.82) is 0 Å². The van der Waals surface area contributed by atoms with Crippen LogP contribution >= 0.6 is 0 Å². The van der Waals surface area contributed by atoms with E-state index < -0.39 is 10.0 Å². The maximum Gasteiger partial charge on any atom is 0.218 e. The van der Waals surface area contributed by atoms with E-state index in [0.717, 1.165) is 12.2 Å². The lowest BCUT2D eigenvalue weighted by Gasteiger charge is -2.34. The first-order chi connectivity index (χ1) is 10.5. The summed E-state index contributed by atoms with van der Waals surface area (Å²) in [7, 11) is -3.11. The molecule has 1 aromatic rings. The van der Waals surface area contributed by atoms with Gasteiger partial charge in [-0.1, -0.05) is 6.92 Å². The number of anilines is 1. The van der Waals surface area contributed by atoms with Crippen LogP contribution in [0.2, 0.25) is 0 Å². The number of sulfonamides is 1. The Morgan fingerprint density at radius 1 is 1.18 bits per heavy atom. The highest BCUT2D eigenvalue weighted by molar-refractivity contribution is 7.89. The zero-order valence-corrected chi connectivity index (χ0v) is 14.3. The zero-order valence-electron chi connectivity index (χ0n) is 13.4. The molecule has 0 saturated carbocycles. The molecule has 0 spiro atoms. The van der Waals surface area contributed by atoms with E-state index >= 15 is 0 Å². The van der Waals surface area contributed by atoms with E-state index in [1.54, 1.807) is 11.2 Å². The number of rotatable bonds is 6. The summed E-state index contributed by atoms with van der Waals surface area (Å²) in [5.74, 6) is 2.18. The highest BCUT2D eigenvalue weighted by Gasteiger charge is 2.26. The van der Waals surface area contributed by atoms with Crippen LogP contribution in [0.1, 0.15) is 26.1 Å². The SMILES string of the molecule is CCCOc1cc(N2CCN(S(=O)(=O)CC)CC2)nc(C)n1. The van der Waals surface area contributed by atoms with Gasteiger partial charge in [0.25, 0.3) is 0 Å². The Kier molecular flexibility index (Phi) is 5.57. The number of hydrogen-bond acceptors (Lipinski definition) is 6. The summed E-state index contributed by atoms with van der Waals surface area (Å²) in [6.07, 6.45) is 0.923. The van der Waals surface area contributed by atoms with E-state index in [9.17, 15) is 8.42 Å². The van der Waals surface area contributed by atoms with Crippen molar-refractivity contribution in [1.82, 2.24) is 14.3 Å². The van der Waals surface area contributed by atoms with Gasteiger partial charge in [0.05, 0.1) is 12.4 Å². The minimum absolute atomic E-state index is 0.147. The van der Waals surface area contributed by atoms with Crippen molar-refractivity contribution in [3.63, 3.8) is 0 Å². The summed E-state index contributed by atoms with van der Waals surface area (Å²) in [6, 6.07) is 1.83. The number of ether oxygens (including phenoxy) is 1. The number of nitrogens with zero attached hydrogens (tertiary/aromatic N) is 4. The molecule has 1 aliphatic rings. The first kappa shape index (κ1) is 17.0. The van der Waals surface area contributed by atoms with E-state index in [2.05, 4.69) is 14.9 Å². The van der Waals surface area contributed by atoms with Crippen molar-refractivity contribution < 1.29 is 13.2 Å². The largest absolute Gasteiger partial charge is 0.478 e. The van der Waals surface area contributed by atoms with Crippen LogP contribution in [-0.2, 0) is 10.0 Å². The molecule has 0 aromatic carbocycles. The summed E-state index contributed by atoms with van der Waals surface area (Å²) < 4.78 is 30.9. The van der Waals surface area contributed by atoms with Gasteiger partial charge in [0, 0.05) is 32.2 Å². The van der Waals surface area contributed by atoms with E-state index in [1.165, 1.54) is 0 Å². The van der Waals surface area contributed by atoms with Crippen LogP contribution < -0.4 is 9.64 Å². The molecule has 1 fully saturated rings. The van der Waals surface area contributed by atoms with Crippen molar-refractivity contribution in [3.05, 3.63) is 11.9 Å². The highest BCUT2D eigenvalue weighted by Crippen LogP contribution is 2.20. The quantitative estimate of drug-likeness (QED) is 0.777. The fourth-order valence-corrected chi connectivity index (χ4v) is 3.43. The molecular formula is C14H24N4O3S. The molecule has 8 heteroatoms. The van der Waals surface area contributed by atoms with Gasteiger partial charge in [0.2, 0.25) is 15.9 Å². The van der Waals surface area contributed by atoms with Crippen molar-refractivity contribution in [3.8, 4) is 5.88 Å². The fraction of sp³-hybridized carbons (Fsp3) is 0.714. The van der Waals surface area contributed by atoms with Gasteiger partial charge in [-0.3, -0.25) is 0 Å². The second kappa shape index (κ2) is 7.23. The fourth-order valence-electron chi connectivity index (χ4n) is 2.35. The van der Waals surface area contributed by atoms with Crippen LogP contribution in [0.25, 0.3) is 0 Å². The van der Waals surface area contributed by atoms with Gasteiger partial charge in [-0.25, -0.2) is 13.4 Å². The third-order valence-corrected chi connectivity index (χ3v) is 5.46. The van der Waals surface area contributed by atoms with Gasteiger partial charge >= 0.3 is 0 Å². The van der Waals surface area contributed by atoms with Crippen LogP contribution in [0, 0.1) is 6.92 Å². The van der Waals surface area contributed by atoms with E-state index in [4.69, 9.17) is 4.74 Å². The lowest BCUT2D eigenvalue weighted by atomic mass is 10.3. The Labute approximate surface area is 132 Å². The van der Waals surface area contributed by atoms with E-state index in [1.807, 2.05) is 19.9 Å². The van der Waals surface area contributed by atoms with Crippen molar-refractivity contribution in [2.75, 3.05) is 43.4 Å². The minimum atomic E-state index is -3.11. The van der Waals surface area contributed by atoms with Gasteiger partial charge in [-0.2, -0.15) is 9.29 Å². The lowest BCUT2D eigenvalue weighted by molar-refractivity contribution is 0.303. The van der Waals surface area contributed by atoms with Crippen LogP contribution in [0.5, 0.6) is 5.88 Å². The lowest BCUT2D eigenvalue weighted by Crippen LogP contribution is -2.49. The first-order valence-corrected chi connectivity index (χ1v) is 9.28. The second-order valence-electron chi connectivity index (χ2n) is 5.25. The molecule has 0 N–H and O–H groups in total. The average Bonchev–Trinajstić information content (AvgIpc) is 2.52. The molecular weight excluding hydrogens is 304 g/mol. The molecule has 124 valence electrons. The maximum atomic E-state index is 11.9. The molecule has 0 aliphatic carbocycles. The minimum Gasteiger partial charge on any atom is -0.478 e. The molecule has 2 rings (SSSR count). The smallest absolute Gasteiger partial charge is 0.218 e. The normalized spacial score (nSPS) is 16.8. The molecule has 1 saturated heterocycles. The summed E-state index contributed by atoms with van der Waals surface area (Å²) in [4.78, 5) is 10.8. The topological polar surface area (TPSA) is 75.6 Å². The van der Waals surface area contributed by atoms with Gasteiger partial charge < -0.3 is 9.64 Å². The van der Waals surface area contributed by atoms with Gasteiger partial charge in [0.15, 0.2) is 0 Å². The molecule has 22 heavy (non-hydrogen) atoms. The van der Waals surface area contributed by atoms with Gasteiger partial charge in [-0.05, 0) is 20.3 Å². The van der Waals surface area contributed by atoms with Crippen molar-refractivity contribution >= 4 is 15.8 Å². The Morgan fingerprint density at radius 2 is 1.86 bits per heavy atom. The van der Waals surface area contributed by atoms with E-state index in [-0.39, 0.29) is 5.75 Å². The molecule has 7 nitrogen and oxygen atoms in total. The molecule has 1 aliphatic heterocycles. The number of aryl methyl sites for hydroxylation is 1. The molecule has 0 amide bonds. The van der Waals surface area contributed by atoms with Crippen molar-refractivity contribution in [2.24, 2.45) is 0 Å². The van der Waals surface area contributed by atoms with Crippen LogP contribution in [0.4, 0.5) is 5.82 Å². The monoisotopic (exact) mass is 328 g/mol. The molecule has 0 bridgehead atoms. The highest BCUT2D eigenvalue weighted by atomic mass is 32.2. The van der Waals surface area contributed by atoms with Gasteiger partial charge in [-0.15, -0.1) is 0 Å². The average molecular weight is 328 g/mol. The Bertz CT molecular complexity index is 598. The predicted molar refractivity (Wildman–Crippen MR) is 85.8 cm³/mol.